The molecule has 0 amide bonds. The van der Waals surface area contributed by atoms with Crippen molar-refractivity contribution in [2.24, 2.45) is 5.10 Å². The first-order valence-corrected chi connectivity index (χ1v) is 2.37. The number of nitrogens with one attached hydrogen (secondary N) is 1. The van der Waals surface area contributed by atoms with Crippen molar-refractivity contribution in [1.82, 2.24) is 10.4 Å². The van der Waals surface area contributed by atoms with E-state index in [-0.39, 0.29) is 0 Å². The van der Waals surface area contributed by atoms with Crippen molar-refractivity contribution in [3.8, 4) is 0 Å². The monoisotopic (exact) mass is 133 g/mol. The van der Waals surface area contributed by atoms with E-state index in [0.29, 0.717) is 5.84 Å². The standard InChI is InChI=1S/C4H5F2N3/c1-2-7-4(3(5)6)9-8-2/h3H,1H3,(H,8,9)/q+1. The number of hydrogen-bond acceptors (Lipinski definition) is 3. The Labute approximate surface area is 50.5 Å². The van der Waals surface area contributed by atoms with Gasteiger partial charge in [0.05, 0.1) is 0 Å². The zero-order chi connectivity index (χ0) is 6.85. The fraction of sp³-hybridized carbons (Fsp3) is 0.500. The van der Waals surface area contributed by atoms with E-state index in [4.69, 9.17) is 0 Å². The second-order valence-corrected chi connectivity index (χ2v) is 1.58. The van der Waals surface area contributed by atoms with Crippen molar-refractivity contribution in [3.05, 3.63) is 0 Å². The van der Waals surface area contributed by atoms with E-state index < -0.39 is 12.3 Å². The number of aliphatic imine (C=N–C) groups is 1. The van der Waals surface area contributed by atoms with E-state index in [2.05, 4.69) is 15.5 Å². The lowest BCUT2D eigenvalue weighted by atomic mass is 10.6. The minimum atomic E-state index is -2.57. The molecule has 0 unspecified atom stereocenters. The van der Waals surface area contributed by atoms with Gasteiger partial charge < -0.3 is 0 Å². The lowest BCUT2D eigenvalue weighted by molar-refractivity contribution is 0.223. The van der Waals surface area contributed by atoms with Crippen molar-refractivity contribution in [3.63, 3.8) is 0 Å². The average molecular weight is 133 g/mol. The molecule has 0 aromatic carbocycles. The molecule has 0 fully saturated rings. The molecule has 0 spiro atoms. The highest BCUT2D eigenvalue weighted by Gasteiger charge is 2.26. The molecule has 0 aliphatic carbocycles. The molecule has 0 aromatic heterocycles. The third kappa shape index (κ3) is 1.22. The summed E-state index contributed by atoms with van der Waals surface area (Å²) < 4.78 is 23.3. The van der Waals surface area contributed by atoms with Crippen LogP contribution in [0, 0.1) is 0 Å². The maximum Gasteiger partial charge on any atom is 0.378 e. The van der Waals surface area contributed by atoms with Gasteiger partial charge in [-0.3, -0.25) is 0 Å². The van der Waals surface area contributed by atoms with E-state index in [1.165, 1.54) is 0 Å². The molecular formula is C4H5F2N3+. The van der Waals surface area contributed by atoms with E-state index in [1.807, 2.05) is 0 Å². The maximum atomic E-state index is 11.6. The lowest BCUT2D eigenvalue weighted by Crippen LogP contribution is -2.15. The largest absolute Gasteiger partial charge is 0.378 e. The highest BCUT2D eigenvalue weighted by Crippen LogP contribution is 1.95. The molecule has 0 saturated carbocycles. The van der Waals surface area contributed by atoms with Crippen molar-refractivity contribution in [2.75, 3.05) is 0 Å². The van der Waals surface area contributed by atoms with Crippen LogP contribution in [-0.4, -0.2) is 18.1 Å². The molecule has 1 aliphatic rings. The normalized spacial score (nSPS) is 17.3. The van der Waals surface area contributed by atoms with Crippen LogP contribution in [0.4, 0.5) is 8.78 Å². The molecule has 0 bridgehead atoms. The third-order valence-corrected chi connectivity index (χ3v) is 0.810. The van der Waals surface area contributed by atoms with Gasteiger partial charge in [-0.1, -0.05) is 4.99 Å². The summed E-state index contributed by atoms with van der Waals surface area (Å²) in [7, 11) is 0. The fourth-order valence-corrected chi connectivity index (χ4v) is 0.458. The van der Waals surface area contributed by atoms with Gasteiger partial charge in [0.25, 0.3) is 5.84 Å². The molecule has 0 aromatic rings. The molecule has 1 rings (SSSR count). The molecule has 0 atom stereocenters. The molecule has 0 saturated heterocycles. The smallest absolute Gasteiger partial charge is 0.198 e. The predicted molar refractivity (Wildman–Crippen MR) is 29.4 cm³/mol. The summed E-state index contributed by atoms with van der Waals surface area (Å²) in [5, 5.41) is 3.23. The quantitative estimate of drug-likeness (QED) is 0.534. The Morgan fingerprint density at radius 2 is 2.33 bits per heavy atom. The topological polar surface area (TPSA) is 38.5 Å². The summed E-state index contributed by atoms with van der Waals surface area (Å²) in [6.45, 7) is 1.57. The predicted octanol–water partition coefficient (Wildman–Crippen LogP) is -0.0776. The fourth-order valence-electron chi connectivity index (χ4n) is 0.458. The van der Waals surface area contributed by atoms with E-state index >= 15 is 0 Å². The van der Waals surface area contributed by atoms with Crippen LogP contribution in [0.15, 0.2) is 5.10 Å². The molecule has 3 nitrogen and oxygen atoms in total. The minimum absolute atomic E-state index is 0.408. The van der Waals surface area contributed by atoms with Gasteiger partial charge in [0, 0.05) is 12.0 Å². The average Bonchev–Trinajstić information content (AvgIpc) is 2.14. The van der Waals surface area contributed by atoms with E-state index in [1.54, 1.807) is 6.92 Å². The number of rotatable bonds is 1. The Hall–Kier alpha value is -1.00. The van der Waals surface area contributed by atoms with E-state index in [0.717, 1.165) is 0 Å². The first-order chi connectivity index (χ1) is 4.20. The van der Waals surface area contributed by atoms with Gasteiger partial charge in [-0.15, -0.1) is 5.43 Å². The molecule has 1 N–H and O–H groups in total. The van der Waals surface area contributed by atoms with Gasteiger partial charge in [0.2, 0.25) is 0 Å². The number of amidine groups is 2. The number of nitrogens with zero attached hydrogens (tertiary/aromatic N) is 2. The van der Waals surface area contributed by atoms with Crippen LogP contribution in [0.2, 0.25) is 0 Å². The van der Waals surface area contributed by atoms with Gasteiger partial charge in [0.1, 0.15) is 0 Å². The number of alkyl halides is 2. The summed E-state index contributed by atoms with van der Waals surface area (Å²) in [6.07, 6.45) is -2.57. The Bertz CT molecular complexity index is 173. The minimum Gasteiger partial charge on any atom is -0.198 e. The van der Waals surface area contributed by atoms with Crippen molar-refractivity contribution < 1.29 is 8.78 Å². The molecule has 49 valence electrons. The first-order valence-electron chi connectivity index (χ1n) is 2.37. The summed E-state index contributed by atoms with van der Waals surface area (Å²) in [5.41, 5.74) is 2.31. The van der Waals surface area contributed by atoms with Crippen LogP contribution in [0.5, 0.6) is 0 Å². The Morgan fingerprint density at radius 3 is 2.56 bits per heavy atom. The van der Waals surface area contributed by atoms with Crippen molar-refractivity contribution in [2.45, 2.75) is 13.3 Å². The molecule has 1 heterocycles. The molecular weight excluding hydrogens is 128 g/mol. The Kier molecular flexibility index (Phi) is 1.42. The first kappa shape index (κ1) is 6.12. The zero-order valence-electron chi connectivity index (χ0n) is 4.73. The van der Waals surface area contributed by atoms with Crippen LogP contribution in [0.3, 0.4) is 0 Å². The van der Waals surface area contributed by atoms with Gasteiger partial charge in [-0.05, 0) is 0 Å². The number of hydrogen-bond donors (Lipinski definition) is 1. The number of hydrazone groups is 1. The summed E-state index contributed by atoms with van der Waals surface area (Å²) >= 11 is 0. The van der Waals surface area contributed by atoms with Crippen LogP contribution < -0.4 is 10.4 Å². The second-order valence-electron chi connectivity index (χ2n) is 1.58. The molecule has 9 heavy (non-hydrogen) atoms. The summed E-state index contributed by atoms with van der Waals surface area (Å²) in [6, 6.07) is 0. The van der Waals surface area contributed by atoms with Gasteiger partial charge in [-0.25, -0.2) is 0 Å². The van der Waals surface area contributed by atoms with Crippen LogP contribution in [0.25, 0.3) is 0 Å². The highest BCUT2D eigenvalue weighted by molar-refractivity contribution is 5.98. The van der Waals surface area contributed by atoms with Crippen LogP contribution in [-0.2, 0) is 0 Å². The van der Waals surface area contributed by atoms with Crippen molar-refractivity contribution >= 4 is 11.7 Å². The van der Waals surface area contributed by atoms with Gasteiger partial charge in [0.15, 0.2) is 0 Å². The van der Waals surface area contributed by atoms with Crippen LogP contribution in [0.1, 0.15) is 6.92 Å². The SMILES string of the molecule is CC1=[N+]C(C(F)F)=NN1. The second kappa shape index (κ2) is 2.08. The highest BCUT2D eigenvalue weighted by atomic mass is 19.3. The van der Waals surface area contributed by atoms with Crippen molar-refractivity contribution in [1.29, 1.82) is 0 Å². The maximum absolute atomic E-state index is 11.6. The van der Waals surface area contributed by atoms with Gasteiger partial charge in [-0.2, -0.15) is 8.78 Å². The Morgan fingerprint density at radius 1 is 1.67 bits per heavy atom. The third-order valence-electron chi connectivity index (χ3n) is 0.810. The zero-order valence-corrected chi connectivity index (χ0v) is 4.73. The number of halogens is 2. The summed E-state index contributed by atoms with van der Waals surface area (Å²) in [4.78, 5) is 3.39. The molecule has 5 heteroatoms. The molecule has 1 radical (unpaired) electrons. The van der Waals surface area contributed by atoms with E-state index in [9.17, 15) is 8.78 Å². The van der Waals surface area contributed by atoms with Gasteiger partial charge >= 0.3 is 12.3 Å². The Balaban J connectivity index is 2.64. The lowest BCUT2D eigenvalue weighted by Gasteiger charge is -1.79. The summed E-state index contributed by atoms with van der Waals surface area (Å²) in [5.74, 6) is -0.0298. The molecule has 1 aliphatic heterocycles. The van der Waals surface area contributed by atoms with Crippen LogP contribution >= 0.6 is 0 Å².